The fraction of sp³-hybridized carbons (Fsp3) is 0.500. The predicted octanol–water partition coefficient (Wildman–Crippen LogP) is 3.73. The predicted molar refractivity (Wildman–Crippen MR) is 140 cm³/mol. The Bertz CT molecular complexity index is 1090. The minimum atomic E-state index is -0.480. The van der Waals surface area contributed by atoms with Crippen molar-refractivity contribution in [3.05, 3.63) is 62.3 Å². The lowest BCUT2D eigenvalue weighted by atomic mass is 9.83. The number of likely N-dealkylation sites (tertiary alicyclic amines) is 1. The minimum Gasteiger partial charge on any atom is -0.336 e. The standard InChI is InChI=1S/C26H31BrClN5O3/c27-19-12-18-2-1-17-13-20(28)3-4-21(17)24(25(18)30-14-19)22-15-29-7-10-33(22)23(34)11-16-5-8-32(9-6-16)26(35)31-36/h3-4,12-14,16,22,24,29,36H,1-2,5-11,15H2,(H,31,35)/t22?,24-/m0/s1. The smallest absolute Gasteiger partial charge is 0.336 e. The normalized spacial score (nSPS) is 22.4. The molecule has 192 valence electrons. The van der Waals surface area contributed by atoms with E-state index in [1.54, 1.807) is 10.4 Å². The summed E-state index contributed by atoms with van der Waals surface area (Å²) in [6, 6.07) is 7.73. The van der Waals surface area contributed by atoms with Crippen LogP contribution in [0.25, 0.3) is 0 Å². The Hall–Kier alpha value is -2.20. The van der Waals surface area contributed by atoms with Crippen molar-refractivity contribution in [2.75, 3.05) is 32.7 Å². The first-order valence-corrected chi connectivity index (χ1v) is 13.7. The van der Waals surface area contributed by atoms with Crippen molar-refractivity contribution < 1.29 is 14.8 Å². The van der Waals surface area contributed by atoms with Crippen LogP contribution in [0.5, 0.6) is 0 Å². The number of benzene rings is 1. The summed E-state index contributed by atoms with van der Waals surface area (Å²) in [6.45, 7) is 3.19. The second-order valence-corrected chi connectivity index (χ2v) is 11.3. The second-order valence-electron chi connectivity index (χ2n) is 9.93. The number of hydroxylamine groups is 1. The van der Waals surface area contributed by atoms with E-state index in [1.807, 2.05) is 12.3 Å². The van der Waals surface area contributed by atoms with Crippen molar-refractivity contribution in [3.8, 4) is 0 Å². The molecule has 1 aromatic heterocycles. The molecule has 0 bridgehead atoms. The number of piperidine rings is 1. The van der Waals surface area contributed by atoms with Crippen LogP contribution in [0.2, 0.25) is 5.02 Å². The number of rotatable bonds is 3. The van der Waals surface area contributed by atoms with Gasteiger partial charge in [0.25, 0.3) is 0 Å². The third-order valence-electron chi connectivity index (χ3n) is 7.82. The SMILES string of the molecule is O=C(NO)N1CCC(CC(=O)N2CCNCC2[C@@H]2c3ccc(Cl)cc3CCc3cc(Br)cnc32)CC1. The molecule has 1 aliphatic carbocycles. The van der Waals surface area contributed by atoms with Gasteiger partial charge in [-0.2, -0.15) is 0 Å². The van der Waals surface area contributed by atoms with E-state index in [9.17, 15) is 9.59 Å². The van der Waals surface area contributed by atoms with Crippen LogP contribution in [0.15, 0.2) is 34.9 Å². The van der Waals surface area contributed by atoms with Crippen molar-refractivity contribution >= 4 is 39.5 Å². The summed E-state index contributed by atoms with van der Waals surface area (Å²) in [6.07, 6.45) is 5.57. The average molecular weight is 577 g/mol. The molecule has 0 radical (unpaired) electrons. The molecule has 3 amide bonds. The highest BCUT2D eigenvalue weighted by Crippen LogP contribution is 2.39. The highest BCUT2D eigenvalue weighted by atomic mass is 79.9. The monoisotopic (exact) mass is 575 g/mol. The van der Waals surface area contributed by atoms with E-state index >= 15 is 0 Å². The maximum atomic E-state index is 13.7. The van der Waals surface area contributed by atoms with Crippen LogP contribution in [0.1, 0.15) is 47.6 Å². The van der Waals surface area contributed by atoms with Gasteiger partial charge in [0.2, 0.25) is 5.91 Å². The number of piperazine rings is 1. The summed E-state index contributed by atoms with van der Waals surface area (Å²) in [5.41, 5.74) is 6.35. The third kappa shape index (κ3) is 5.25. The molecule has 3 heterocycles. The third-order valence-corrected chi connectivity index (χ3v) is 8.48. The first-order valence-electron chi connectivity index (χ1n) is 12.6. The van der Waals surface area contributed by atoms with Gasteiger partial charge in [0.1, 0.15) is 0 Å². The molecule has 2 atom stereocenters. The molecular formula is C26H31BrClN5O3. The first-order chi connectivity index (χ1) is 17.4. The summed E-state index contributed by atoms with van der Waals surface area (Å²) in [5.74, 6) is 0.331. The van der Waals surface area contributed by atoms with Gasteiger partial charge in [-0.3, -0.25) is 15.0 Å². The lowest BCUT2D eigenvalue weighted by molar-refractivity contribution is -0.136. The molecule has 36 heavy (non-hydrogen) atoms. The topological polar surface area (TPSA) is 97.8 Å². The Kier molecular flexibility index (Phi) is 7.81. The Morgan fingerprint density at radius 3 is 2.72 bits per heavy atom. The summed E-state index contributed by atoms with van der Waals surface area (Å²) in [5, 5.41) is 13.1. The number of pyridine rings is 1. The summed E-state index contributed by atoms with van der Waals surface area (Å²) >= 11 is 9.97. The molecular weight excluding hydrogens is 546 g/mol. The molecule has 3 aliphatic rings. The number of aryl methyl sites for hydroxylation is 2. The molecule has 5 rings (SSSR count). The number of hydrogen-bond donors (Lipinski definition) is 3. The maximum Gasteiger partial charge on any atom is 0.341 e. The molecule has 2 fully saturated rings. The van der Waals surface area contributed by atoms with Crippen molar-refractivity contribution in [3.63, 3.8) is 0 Å². The van der Waals surface area contributed by atoms with Crippen LogP contribution in [0, 0.1) is 5.92 Å². The molecule has 1 aromatic carbocycles. The van der Waals surface area contributed by atoms with E-state index < -0.39 is 6.03 Å². The molecule has 10 heteroatoms. The largest absolute Gasteiger partial charge is 0.341 e. The molecule has 3 N–H and O–H groups in total. The van der Waals surface area contributed by atoms with Gasteiger partial charge >= 0.3 is 6.03 Å². The molecule has 1 unspecified atom stereocenters. The van der Waals surface area contributed by atoms with Crippen LogP contribution in [0.3, 0.4) is 0 Å². The van der Waals surface area contributed by atoms with Crippen molar-refractivity contribution in [2.24, 2.45) is 5.92 Å². The number of carbonyl (C=O) groups excluding carboxylic acids is 2. The van der Waals surface area contributed by atoms with Crippen LogP contribution in [-0.4, -0.2) is 70.7 Å². The van der Waals surface area contributed by atoms with Crippen LogP contribution in [0.4, 0.5) is 4.79 Å². The maximum absolute atomic E-state index is 13.7. The summed E-state index contributed by atoms with van der Waals surface area (Å²) in [4.78, 5) is 34.0. The summed E-state index contributed by atoms with van der Waals surface area (Å²) < 4.78 is 0.958. The number of carbonyl (C=O) groups is 2. The number of amides is 3. The fourth-order valence-electron chi connectivity index (χ4n) is 5.98. The van der Waals surface area contributed by atoms with E-state index in [2.05, 4.69) is 44.3 Å². The zero-order valence-electron chi connectivity index (χ0n) is 20.1. The molecule has 0 spiro atoms. The van der Waals surface area contributed by atoms with Crippen LogP contribution < -0.4 is 10.8 Å². The lowest BCUT2D eigenvalue weighted by Gasteiger charge is -2.42. The number of urea groups is 1. The second kappa shape index (κ2) is 11.0. The van der Waals surface area contributed by atoms with Gasteiger partial charge in [0.05, 0.1) is 11.7 Å². The molecule has 8 nitrogen and oxygen atoms in total. The number of nitrogens with one attached hydrogen (secondary N) is 2. The molecule has 0 saturated carbocycles. The molecule has 2 saturated heterocycles. The zero-order valence-corrected chi connectivity index (χ0v) is 22.4. The van der Waals surface area contributed by atoms with Crippen molar-refractivity contribution in [1.29, 1.82) is 0 Å². The highest BCUT2D eigenvalue weighted by Gasteiger charge is 2.39. The average Bonchev–Trinajstić information content (AvgIpc) is 3.04. The highest BCUT2D eigenvalue weighted by molar-refractivity contribution is 9.10. The Balaban J connectivity index is 1.41. The Labute approximate surface area is 224 Å². The zero-order chi connectivity index (χ0) is 25.2. The van der Waals surface area contributed by atoms with Crippen LogP contribution >= 0.6 is 27.5 Å². The Morgan fingerprint density at radius 1 is 1.17 bits per heavy atom. The van der Waals surface area contributed by atoms with E-state index in [1.165, 1.54) is 16.7 Å². The van der Waals surface area contributed by atoms with E-state index in [0.29, 0.717) is 32.6 Å². The molecule has 2 aliphatic heterocycles. The van der Waals surface area contributed by atoms with E-state index in [4.69, 9.17) is 21.8 Å². The van der Waals surface area contributed by atoms with Gasteiger partial charge in [0.15, 0.2) is 0 Å². The van der Waals surface area contributed by atoms with Gasteiger partial charge in [-0.1, -0.05) is 17.7 Å². The minimum absolute atomic E-state index is 0.0466. The summed E-state index contributed by atoms with van der Waals surface area (Å²) in [7, 11) is 0. The van der Waals surface area contributed by atoms with Gasteiger partial charge in [-0.05, 0) is 82.4 Å². The number of fused-ring (bicyclic) bond motifs is 2. The van der Waals surface area contributed by atoms with Gasteiger partial charge in [0, 0.05) is 60.8 Å². The quantitative estimate of drug-likeness (QED) is 0.382. The first kappa shape index (κ1) is 25.4. The van der Waals surface area contributed by atoms with Gasteiger partial charge in [-0.15, -0.1) is 0 Å². The number of halogens is 2. The van der Waals surface area contributed by atoms with Crippen molar-refractivity contribution in [2.45, 2.75) is 44.1 Å². The van der Waals surface area contributed by atoms with Gasteiger partial charge < -0.3 is 15.1 Å². The molecule has 2 aromatic rings. The fourth-order valence-corrected chi connectivity index (χ4v) is 6.55. The lowest BCUT2D eigenvalue weighted by Crippen LogP contribution is -2.56. The van der Waals surface area contributed by atoms with Crippen LogP contribution in [-0.2, 0) is 17.6 Å². The van der Waals surface area contributed by atoms with Crippen molar-refractivity contribution in [1.82, 2.24) is 25.6 Å². The van der Waals surface area contributed by atoms with E-state index in [-0.39, 0.29) is 23.8 Å². The number of aromatic nitrogens is 1. The number of hydrogen-bond acceptors (Lipinski definition) is 5. The van der Waals surface area contributed by atoms with Gasteiger partial charge in [-0.25, -0.2) is 10.3 Å². The Morgan fingerprint density at radius 2 is 1.94 bits per heavy atom. The number of nitrogens with zero attached hydrogens (tertiary/aromatic N) is 3. The van der Waals surface area contributed by atoms with E-state index in [0.717, 1.165) is 47.4 Å².